The topological polar surface area (TPSA) is 56.7 Å². The zero-order valence-corrected chi connectivity index (χ0v) is 16.2. The van der Waals surface area contributed by atoms with Gasteiger partial charge in [-0.3, -0.25) is 4.99 Å². The normalized spacial score (nSPS) is 21.1. The van der Waals surface area contributed by atoms with Crippen LogP contribution in [-0.2, 0) is 6.42 Å². The summed E-state index contributed by atoms with van der Waals surface area (Å²) in [6, 6.07) is 3.77. The molecule has 0 heterocycles. The maximum Gasteiger partial charge on any atom is 0.191 e. The van der Waals surface area contributed by atoms with Crippen molar-refractivity contribution in [3.8, 4) is 0 Å². The minimum absolute atomic E-state index is 0. The molecule has 7 heteroatoms. The molecule has 1 saturated carbocycles. The van der Waals surface area contributed by atoms with E-state index in [2.05, 4.69) is 15.6 Å². The number of hydrogen-bond acceptors (Lipinski definition) is 2. The first-order valence-electron chi connectivity index (χ1n) is 8.25. The van der Waals surface area contributed by atoms with Crippen LogP contribution < -0.4 is 10.6 Å². The first kappa shape index (κ1) is 21.1. The van der Waals surface area contributed by atoms with Crippen molar-refractivity contribution in [1.82, 2.24) is 10.6 Å². The molecule has 1 aromatic carbocycles. The SMILES string of the molecule is CCNC(=NCCc1cc(F)ccc1F)NC1CCC(O)CC1.I. The molecule has 1 aliphatic carbocycles. The number of aliphatic imine (C=N–C) groups is 1. The summed E-state index contributed by atoms with van der Waals surface area (Å²) in [5, 5.41) is 16.1. The predicted octanol–water partition coefficient (Wildman–Crippen LogP) is 2.98. The molecule has 0 aromatic heterocycles. The lowest BCUT2D eigenvalue weighted by atomic mass is 9.93. The lowest BCUT2D eigenvalue weighted by Crippen LogP contribution is -2.45. The monoisotopic (exact) mass is 453 g/mol. The zero-order valence-electron chi connectivity index (χ0n) is 13.9. The number of halogens is 3. The van der Waals surface area contributed by atoms with Crippen LogP contribution in [0.1, 0.15) is 38.2 Å². The molecule has 1 fully saturated rings. The number of hydrogen-bond donors (Lipinski definition) is 3. The van der Waals surface area contributed by atoms with Crippen molar-refractivity contribution in [1.29, 1.82) is 0 Å². The van der Waals surface area contributed by atoms with E-state index < -0.39 is 11.6 Å². The highest BCUT2D eigenvalue weighted by atomic mass is 127. The number of nitrogens with one attached hydrogen (secondary N) is 2. The molecular weight excluding hydrogens is 427 g/mol. The quantitative estimate of drug-likeness (QED) is 0.365. The van der Waals surface area contributed by atoms with Crippen molar-refractivity contribution in [3.63, 3.8) is 0 Å². The molecule has 1 aromatic rings. The molecule has 2 rings (SSSR count). The molecule has 24 heavy (non-hydrogen) atoms. The van der Waals surface area contributed by atoms with Gasteiger partial charge < -0.3 is 15.7 Å². The van der Waals surface area contributed by atoms with E-state index >= 15 is 0 Å². The zero-order chi connectivity index (χ0) is 16.7. The summed E-state index contributed by atoms with van der Waals surface area (Å²) >= 11 is 0. The molecule has 0 bridgehead atoms. The van der Waals surface area contributed by atoms with Crippen molar-refractivity contribution in [2.75, 3.05) is 13.1 Å². The highest BCUT2D eigenvalue weighted by Crippen LogP contribution is 2.18. The van der Waals surface area contributed by atoms with Gasteiger partial charge in [-0.25, -0.2) is 8.78 Å². The van der Waals surface area contributed by atoms with E-state index in [9.17, 15) is 13.9 Å². The van der Waals surface area contributed by atoms with Crippen LogP contribution in [0.2, 0.25) is 0 Å². The van der Waals surface area contributed by atoms with Crippen molar-refractivity contribution >= 4 is 29.9 Å². The molecule has 0 spiro atoms. The van der Waals surface area contributed by atoms with Crippen LogP contribution in [0.5, 0.6) is 0 Å². The Kier molecular flexibility index (Phi) is 9.50. The van der Waals surface area contributed by atoms with Crippen LogP contribution in [0.4, 0.5) is 8.78 Å². The number of aliphatic hydroxyl groups excluding tert-OH is 1. The molecule has 0 saturated heterocycles. The van der Waals surface area contributed by atoms with Gasteiger partial charge in [0.2, 0.25) is 0 Å². The van der Waals surface area contributed by atoms with Crippen LogP contribution in [0.3, 0.4) is 0 Å². The number of benzene rings is 1. The lowest BCUT2D eigenvalue weighted by molar-refractivity contribution is 0.120. The Morgan fingerprint density at radius 1 is 1.25 bits per heavy atom. The molecule has 136 valence electrons. The molecule has 0 aliphatic heterocycles. The standard InChI is InChI=1S/C17H25F2N3O.HI/c1-2-20-17(22-14-4-6-15(23)7-5-14)21-10-9-12-11-13(18)3-8-16(12)19;/h3,8,11,14-15,23H,2,4-7,9-10H2,1H3,(H2,20,21,22);1H. The van der Waals surface area contributed by atoms with E-state index in [1.54, 1.807) is 0 Å². The average Bonchev–Trinajstić information content (AvgIpc) is 2.53. The van der Waals surface area contributed by atoms with Crippen LogP contribution in [0.15, 0.2) is 23.2 Å². The second-order valence-electron chi connectivity index (χ2n) is 5.90. The Hall–Kier alpha value is -0.960. The van der Waals surface area contributed by atoms with E-state index in [0.717, 1.165) is 44.4 Å². The third kappa shape index (κ3) is 6.88. The highest BCUT2D eigenvalue weighted by Gasteiger charge is 2.19. The smallest absolute Gasteiger partial charge is 0.191 e. The van der Waals surface area contributed by atoms with Gasteiger partial charge in [-0.05, 0) is 62.8 Å². The Bertz CT molecular complexity index is 535. The maximum absolute atomic E-state index is 13.6. The Balaban J connectivity index is 0.00000288. The summed E-state index contributed by atoms with van der Waals surface area (Å²) in [7, 11) is 0. The second kappa shape index (κ2) is 10.8. The van der Waals surface area contributed by atoms with Gasteiger partial charge in [0.1, 0.15) is 11.6 Å². The lowest BCUT2D eigenvalue weighted by Gasteiger charge is -2.27. The predicted molar refractivity (Wildman–Crippen MR) is 103 cm³/mol. The number of rotatable bonds is 5. The molecule has 0 radical (unpaired) electrons. The fourth-order valence-corrected chi connectivity index (χ4v) is 2.76. The van der Waals surface area contributed by atoms with Crippen molar-refractivity contribution < 1.29 is 13.9 Å². The first-order valence-corrected chi connectivity index (χ1v) is 8.25. The van der Waals surface area contributed by atoms with Crippen LogP contribution >= 0.6 is 24.0 Å². The van der Waals surface area contributed by atoms with Gasteiger partial charge in [0.05, 0.1) is 6.10 Å². The van der Waals surface area contributed by atoms with E-state index in [1.807, 2.05) is 6.92 Å². The molecular formula is C17H26F2IN3O. The summed E-state index contributed by atoms with van der Waals surface area (Å²) in [5.41, 5.74) is 0.338. The van der Waals surface area contributed by atoms with Crippen LogP contribution in [0.25, 0.3) is 0 Å². The van der Waals surface area contributed by atoms with Gasteiger partial charge in [-0.2, -0.15) is 0 Å². The minimum atomic E-state index is -0.434. The summed E-state index contributed by atoms with van der Waals surface area (Å²) in [4.78, 5) is 4.44. The van der Waals surface area contributed by atoms with Gasteiger partial charge in [-0.15, -0.1) is 24.0 Å². The van der Waals surface area contributed by atoms with E-state index in [-0.39, 0.29) is 30.1 Å². The minimum Gasteiger partial charge on any atom is -0.393 e. The van der Waals surface area contributed by atoms with Gasteiger partial charge in [0.25, 0.3) is 0 Å². The summed E-state index contributed by atoms with van der Waals surface area (Å²) < 4.78 is 26.7. The first-order chi connectivity index (χ1) is 11.1. The Morgan fingerprint density at radius 2 is 1.96 bits per heavy atom. The molecule has 0 atom stereocenters. The summed E-state index contributed by atoms with van der Waals surface area (Å²) in [5.74, 6) is -0.150. The third-order valence-corrected chi connectivity index (χ3v) is 4.04. The van der Waals surface area contributed by atoms with E-state index in [1.165, 1.54) is 6.07 Å². The fraction of sp³-hybridized carbons (Fsp3) is 0.588. The van der Waals surface area contributed by atoms with Crippen LogP contribution in [-0.4, -0.2) is 36.3 Å². The summed E-state index contributed by atoms with van der Waals surface area (Å²) in [6.07, 6.45) is 3.57. The maximum atomic E-state index is 13.6. The molecule has 0 amide bonds. The van der Waals surface area contributed by atoms with Crippen molar-refractivity contribution in [2.45, 2.75) is 51.2 Å². The van der Waals surface area contributed by atoms with E-state index in [0.29, 0.717) is 30.5 Å². The third-order valence-electron chi connectivity index (χ3n) is 4.04. The molecule has 3 N–H and O–H groups in total. The highest BCUT2D eigenvalue weighted by molar-refractivity contribution is 14.0. The van der Waals surface area contributed by atoms with Gasteiger partial charge in [-0.1, -0.05) is 0 Å². The van der Waals surface area contributed by atoms with Crippen LogP contribution in [0, 0.1) is 11.6 Å². The average molecular weight is 453 g/mol. The molecule has 1 aliphatic rings. The second-order valence-corrected chi connectivity index (χ2v) is 5.90. The van der Waals surface area contributed by atoms with Gasteiger partial charge in [0.15, 0.2) is 5.96 Å². The van der Waals surface area contributed by atoms with E-state index in [4.69, 9.17) is 0 Å². The van der Waals surface area contributed by atoms with Gasteiger partial charge >= 0.3 is 0 Å². The number of guanidine groups is 1. The van der Waals surface area contributed by atoms with Crippen molar-refractivity contribution in [2.24, 2.45) is 4.99 Å². The largest absolute Gasteiger partial charge is 0.393 e. The Morgan fingerprint density at radius 3 is 2.62 bits per heavy atom. The van der Waals surface area contributed by atoms with Gasteiger partial charge in [0, 0.05) is 19.1 Å². The number of nitrogens with zero attached hydrogens (tertiary/aromatic N) is 1. The fourth-order valence-electron chi connectivity index (χ4n) is 2.76. The number of aliphatic hydroxyl groups is 1. The summed E-state index contributed by atoms with van der Waals surface area (Å²) in [6.45, 7) is 3.09. The Labute approximate surface area is 159 Å². The molecule has 4 nitrogen and oxygen atoms in total. The van der Waals surface area contributed by atoms with Crippen molar-refractivity contribution in [3.05, 3.63) is 35.4 Å². The molecule has 0 unspecified atom stereocenters.